The van der Waals surface area contributed by atoms with Gasteiger partial charge in [0.25, 0.3) is 0 Å². The first kappa shape index (κ1) is 22.1. The van der Waals surface area contributed by atoms with Crippen LogP contribution in [0.2, 0.25) is 0 Å². The van der Waals surface area contributed by atoms with Gasteiger partial charge in [-0.15, -0.1) is 0 Å². The summed E-state index contributed by atoms with van der Waals surface area (Å²) in [4.78, 5) is 9.86. The fourth-order valence-electron chi connectivity index (χ4n) is 1.73. The normalized spacial score (nSPS) is 9.60. The van der Waals surface area contributed by atoms with Crippen molar-refractivity contribution in [1.82, 2.24) is 14.9 Å². The molecule has 0 saturated heterocycles. The Morgan fingerprint density at radius 2 is 2.08 bits per heavy atom. The molecule has 0 saturated carbocycles. The molecule has 0 atom stereocenters. The summed E-state index contributed by atoms with van der Waals surface area (Å²) in [5, 5.41) is 7.96. The van der Waals surface area contributed by atoms with Gasteiger partial charge in [0.1, 0.15) is 17.9 Å². The molecule has 0 aliphatic heterocycles. The molecule has 0 radical (unpaired) electrons. The zero-order valence-corrected chi connectivity index (χ0v) is 15.5. The Balaban J connectivity index is 0.000000458. The number of hydrogen-bond donors (Lipinski definition) is 1. The van der Waals surface area contributed by atoms with Crippen LogP contribution in [-0.2, 0) is 11.3 Å². The number of aryl methyl sites for hydroxylation is 2. The lowest BCUT2D eigenvalue weighted by Gasteiger charge is -1.99. The first-order valence-corrected chi connectivity index (χ1v) is 8.09. The molecular formula is C19H28N4O2. The molecule has 0 fully saturated rings. The molecule has 6 heteroatoms. The fourth-order valence-corrected chi connectivity index (χ4v) is 1.73. The molecule has 0 aliphatic rings. The summed E-state index contributed by atoms with van der Waals surface area (Å²) in [5.74, 6) is 1.35. The number of nitrogens with zero attached hydrogens (tertiary/aromatic N) is 3. The van der Waals surface area contributed by atoms with Crippen LogP contribution in [0.4, 0.5) is 5.82 Å². The number of carbonyl (C=O) groups is 1. The SMILES string of the molecule is C=C/C=C\C(=C)CC=O.CC.Cc1noc(C)c1Cn1ccc(N)n1. The van der Waals surface area contributed by atoms with Crippen LogP contribution in [-0.4, -0.2) is 21.2 Å². The molecule has 136 valence electrons. The molecular weight excluding hydrogens is 316 g/mol. The Bertz CT molecular complexity index is 677. The summed E-state index contributed by atoms with van der Waals surface area (Å²) in [5.41, 5.74) is 8.29. The van der Waals surface area contributed by atoms with Crippen LogP contribution in [0.5, 0.6) is 0 Å². The van der Waals surface area contributed by atoms with Crippen LogP contribution in [0.3, 0.4) is 0 Å². The molecule has 2 aromatic rings. The molecule has 0 bridgehead atoms. The van der Waals surface area contributed by atoms with E-state index in [-0.39, 0.29) is 0 Å². The monoisotopic (exact) mass is 344 g/mol. The Labute approximate surface area is 149 Å². The summed E-state index contributed by atoms with van der Waals surface area (Å²) < 4.78 is 6.82. The van der Waals surface area contributed by atoms with Crippen molar-refractivity contribution in [2.24, 2.45) is 0 Å². The van der Waals surface area contributed by atoms with Crippen LogP contribution < -0.4 is 5.73 Å². The standard InChI is InChI=1S/C9H12N4O.C8H10O.C2H6/c1-6-8(7(2)14-12-6)5-13-4-3-9(10)11-13;1-3-4-5-8(2)6-7-9;1-2/h3-4H,5H2,1-2H3,(H2,10,11);3-5,7H,1-2,6H2;1-2H3/b;5-4-;. The van der Waals surface area contributed by atoms with Gasteiger partial charge in [0.2, 0.25) is 0 Å². The van der Waals surface area contributed by atoms with Crippen molar-refractivity contribution in [3.8, 4) is 0 Å². The Hall–Kier alpha value is -2.89. The highest BCUT2D eigenvalue weighted by Gasteiger charge is 2.09. The maximum Gasteiger partial charge on any atom is 0.145 e. The van der Waals surface area contributed by atoms with Gasteiger partial charge in [-0.2, -0.15) is 5.10 Å². The van der Waals surface area contributed by atoms with Crippen LogP contribution in [0, 0.1) is 13.8 Å². The minimum atomic E-state index is 0.407. The number of aromatic nitrogens is 3. The number of allylic oxidation sites excluding steroid dienone is 4. The van der Waals surface area contributed by atoms with Gasteiger partial charge >= 0.3 is 0 Å². The molecule has 0 aliphatic carbocycles. The second-order valence-corrected chi connectivity index (χ2v) is 4.86. The van der Waals surface area contributed by atoms with Crippen molar-refractivity contribution in [2.45, 2.75) is 40.7 Å². The van der Waals surface area contributed by atoms with E-state index in [4.69, 9.17) is 10.3 Å². The highest BCUT2D eigenvalue weighted by atomic mass is 16.5. The predicted molar refractivity (Wildman–Crippen MR) is 102 cm³/mol. The second kappa shape index (κ2) is 12.5. The van der Waals surface area contributed by atoms with Gasteiger partial charge in [0, 0.05) is 18.2 Å². The van der Waals surface area contributed by atoms with Crippen LogP contribution in [0.15, 0.2) is 53.7 Å². The number of hydrogen-bond acceptors (Lipinski definition) is 5. The summed E-state index contributed by atoms with van der Waals surface area (Å²) >= 11 is 0. The third kappa shape index (κ3) is 8.50. The van der Waals surface area contributed by atoms with E-state index in [0.717, 1.165) is 28.9 Å². The minimum absolute atomic E-state index is 0.407. The smallest absolute Gasteiger partial charge is 0.145 e. The molecule has 0 aromatic carbocycles. The minimum Gasteiger partial charge on any atom is -0.382 e. The predicted octanol–water partition coefficient (Wildman–Crippen LogP) is 4.02. The number of nitrogen functional groups attached to an aromatic ring is 1. The first-order valence-electron chi connectivity index (χ1n) is 8.09. The van der Waals surface area contributed by atoms with E-state index in [1.54, 1.807) is 29.0 Å². The van der Waals surface area contributed by atoms with Gasteiger partial charge < -0.3 is 15.1 Å². The summed E-state index contributed by atoms with van der Waals surface area (Å²) in [7, 11) is 0. The number of nitrogens with two attached hydrogens (primary N) is 1. The van der Waals surface area contributed by atoms with Crippen molar-refractivity contribution in [3.63, 3.8) is 0 Å². The van der Waals surface area contributed by atoms with Crippen molar-refractivity contribution in [1.29, 1.82) is 0 Å². The van der Waals surface area contributed by atoms with Crippen molar-refractivity contribution >= 4 is 12.1 Å². The molecule has 2 aromatic heterocycles. The van der Waals surface area contributed by atoms with E-state index in [0.29, 0.717) is 18.8 Å². The third-order valence-electron chi connectivity index (χ3n) is 2.98. The van der Waals surface area contributed by atoms with E-state index in [1.165, 1.54) is 0 Å². The maximum absolute atomic E-state index is 9.86. The van der Waals surface area contributed by atoms with Crippen molar-refractivity contribution in [2.75, 3.05) is 5.73 Å². The van der Waals surface area contributed by atoms with Gasteiger partial charge in [-0.3, -0.25) is 4.68 Å². The second-order valence-electron chi connectivity index (χ2n) is 4.86. The molecule has 2 N–H and O–H groups in total. The molecule has 6 nitrogen and oxygen atoms in total. The summed E-state index contributed by atoms with van der Waals surface area (Å²) in [6.07, 6.45) is 8.24. The van der Waals surface area contributed by atoms with Crippen LogP contribution in [0.25, 0.3) is 0 Å². The van der Waals surface area contributed by atoms with Gasteiger partial charge in [-0.05, 0) is 25.5 Å². The average Bonchev–Trinajstić information content (AvgIpc) is 3.16. The van der Waals surface area contributed by atoms with Gasteiger partial charge in [0.15, 0.2) is 0 Å². The summed E-state index contributed by atoms with van der Waals surface area (Å²) in [6, 6.07) is 1.76. The lowest BCUT2D eigenvalue weighted by Crippen LogP contribution is -2.02. The van der Waals surface area contributed by atoms with Gasteiger partial charge in [-0.1, -0.05) is 50.4 Å². The molecule has 2 heterocycles. The number of rotatable bonds is 6. The number of aldehydes is 1. The van der Waals surface area contributed by atoms with E-state index in [9.17, 15) is 4.79 Å². The number of anilines is 1. The maximum atomic E-state index is 9.86. The molecule has 25 heavy (non-hydrogen) atoms. The van der Waals surface area contributed by atoms with E-state index < -0.39 is 0 Å². The highest BCUT2D eigenvalue weighted by molar-refractivity contribution is 5.55. The van der Waals surface area contributed by atoms with Gasteiger partial charge in [0.05, 0.1) is 12.2 Å². The average molecular weight is 344 g/mol. The molecule has 0 unspecified atom stereocenters. The molecule has 0 spiro atoms. The molecule has 2 rings (SSSR count). The Morgan fingerprint density at radius 1 is 1.40 bits per heavy atom. The Morgan fingerprint density at radius 3 is 2.52 bits per heavy atom. The first-order chi connectivity index (χ1) is 12.0. The highest BCUT2D eigenvalue weighted by Crippen LogP contribution is 2.13. The van der Waals surface area contributed by atoms with E-state index >= 15 is 0 Å². The topological polar surface area (TPSA) is 86.9 Å². The van der Waals surface area contributed by atoms with Crippen LogP contribution >= 0.6 is 0 Å². The molecule has 0 amide bonds. The van der Waals surface area contributed by atoms with E-state index in [2.05, 4.69) is 23.4 Å². The number of carbonyl (C=O) groups excluding carboxylic acids is 1. The zero-order chi connectivity index (χ0) is 19.2. The van der Waals surface area contributed by atoms with Crippen molar-refractivity contribution < 1.29 is 9.32 Å². The quantitative estimate of drug-likeness (QED) is 0.632. The van der Waals surface area contributed by atoms with Crippen molar-refractivity contribution in [3.05, 3.63) is 66.2 Å². The van der Waals surface area contributed by atoms with E-state index in [1.807, 2.05) is 33.9 Å². The largest absolute Gasteiger partial charge is 0.382 e. The summed E-state index contributed by atoms with van der Waals surface area (Å²) in [6.45, 7) is 15.6. The lowest BCUT2D eigenvalue weighted by atomic mass is 10.2. The lowest BCUT2D eigenvalue weighted by molar-refractivity contribution is -0.107. The van der Waals surface area contributed by atoms with Crippen LogP contribution in [0.1, 0.15) is 37.3 Å². The van der Waals surface area contributed by atoms with Gasteiger partial charge in [-0.25, -0.2) is 0 Å². The fraction of sp³-hybridized carbons (Fsp3) is 0.316. The zero-order valence-electron chi connectivity index (χ0n) is 15.5. The third-order valence-corrected chi connectivity index (χ3v) is 2.98. The Kier molecular flexibility index (Phi) is 11.1.